The van der Waals surface area contributed by atoms with Crippen molar-refractivity contribution in [2.45, 2.75) is 6.92 Å². The molecule has 2 N–H and O–H groups in total. The number of amides is 2. The number of carbonyl (C=O) groups is 2. The Morgan fingerprint density at radius 1 is 0.935 bits per heavy atom. The van der Waals surface area contributed by atoms with Crippen LogP contribution in [0.2, 0.25) is 0 Å². The Labute approximate surface area is 176 Å². The molecule has 4 rings (SSSR count). The van der Waals surface area contributed by atoms with Crippen LogP contribution in [-0.2, 0) is 4.79 Å². The van der Waals surface area contributed by atoms with E-state index in [9.17, 15) is 18.8 Å². The Morgan fingerprint density at radius 3 is 2.42 bits per heavy atom. The van der Waals surface area contributed by atoms with E-state index in [-0.39, 0.29) is 17.0 Å². The summed E-state index contributed by atoms with van der Waals surface area (Å²) in [4.78, 5) is 40.9. The number of carbonyl (C=O) groups excluding carboxylic acids is 2. The summed E-state index contributed by atoms with van der Waals surface area (Å²) in [5.74, 6) is -1.16. The zero-order valence-corrected chi connectivity index (χ0v) is 16.4. The average molecular weight is 416 g/mol. The Hall–Kier alpha value is -4.33. The summed E-state index contributed by atoms with van der Waals surface area (Å²) in [5, 5.41) is 5.65. The maximum absolute atomic E-state index is 14.1. The van der Waals surface area contributed by atoms with Gasteiger partial charge in [0, 0.05) is 23.9 Å². The van der Waals surface area contributed by atoms with Gasteiger partial charge in [-0.1, -0.05) is 18.2 Å². The molecular formula is C23H17FN4O3. The van der Waals surface area contributed by atoms with E-state index in [0.717, 1.165) is 4.57 Å². The fourth-order valence-corrected chi connectivity index (χ4v) is 3.16. The molecule has 0 saturated carbocycles. The van der Waals surface area contributed by atoms with Crippen LogP contribution in [0, 0.1) is 5.82 Å². The molecule has 0 saturated heterocycles. The lowest BCUT2D eigenvalue weighted by Gasteiger charge is -2.10. The molecule has 8 heteroatoms. The van der Waals surface area contributed by atoms with E-state index in [2.05, 4.69) is 15.6 Å². The summed E-state index contributed by atoms with van der Waals surface area (Å²) >= 11 is 0. The van der Waals surface area contributed by atoms with Crippen molar-refractivity contribution < 1.29 is 14.0 Å². The van der Waals surface area contributed by atoms with Crippen LogP contribution in [0.5, 0.6) is 0 Å². The number of hydrogen-bond acceptors (Lipinski definition) is 4. The molecular weight excluding hydrogens is 399 g/mol. The second-order valence-electron chi connectivity index (χ2n) is 6.82. The zero-order valence-electron chi connectivity index (χ0n) is 16.4. The van der Waals surface area contributed by atoms with E-state index in [1.165, 1.54) is 49.6 Å². The van der Waals surface area contributed by atoms with Crippen LogP contribution in [0.4, 0.5) is 15.8 Å². The Bertz CT molecular complexity index is 1380. The van der Waals surface area contributed by atoms with Gasteiger partial charge >= 0.3 is 0 Å². The van der Waals surface area contributed by atoms with Gasteiger partial charge in [0.15, 0.2) is 0 Å². The molecule has 2 amide bonds. The van der Waals surface area contributed by atoms with Gasteiger partial charge < -0.3 is 10.6 Å². The molecule has 0 unspecified atom stereocenters. The number of hydrogen-bond donors (Lipinski definition) is 2. The summed E-state index contributed by atoms with van der Waals surface area (Å²) in [6, 6.07) is 17.1. The molecule has 0 aliphatic carbocycles. The number of rotatable bonds is 4. The third kappa shape index (κ3) is 4.18. The molecule has 0 radical (unpaired) electrons. The average Bonchev–Trinajstić information content (AvgIpc) is 2.74. The van der Waals surface area contributed by atoms with Crippen molar-refractivity contribution in [1.29, 1.82) is 0 Å². The second-order valence-corrected chi connectivity index (χ2v) is 6.82. The highest BCUT2D eigenvalue weighted by atomic mass is 19.1. The first kappa shape index (κ1) is 20.0. The van der Waals surface area contributed by atoms with Crippen LogP contribution in [0.25, 0.3) is 16.6 Å². The maximum atomic E-state index is 14.1. The van der Waals surface area contributed by atoms with Crippen LogP contribution >= 0.6 is 0 Å². The zero-order chi connectivity index (χ0) is 22.0. The Morgan fingerprint density at radius 2 is 1.68 bits per heavy atom. The van der Waals surface area contributed by atoms with E-state index in [1.54, 1.807) is 30.3 Å². The predicted octanol–water partition coefficient (Wildman–Crippen LogP) is 3.74. The fraction of sp³-hybridized carbons (Fsp3) is 0.0435. The summed E-state index contributed by atoms with van der Waals surface area (Å²) in [6.07, 6.45) is 1.24. The minimum atomic E-state index is -0.539. The normalized spacial score (nSPS) is 10.6. The van der Waals surface area contributed by atoms with Gasteiger partial charge in [0.2, 0.25) is 5.91 Å². The van der Waals surface area contributed by atoms with Crippen molar-refractivity contribution in [3.8, 4) is 5.69 Å². The topological polar surface area (TPSA) is 93.1 Å². The number of nitrogens with zero attached hydrogens (tertiary/aromatic N) is 2. The SMILES string of the molecule is CC(=O)Nc1cccc(NC(=O)c2ccc3c(=O)n(-c4ccccc4F)cnc3c2)c1. The number of nitrogens with one attached hydrogen (secondary N) is 2. The third-order valence-corrected chi connectivity index (χ3v) is 4.57. The van der Waals surface area contributed by atoms with Gasteiger partial charge in [-0.25, -0.2) is 9.37 Å². The number of fused-ring (bicyclic) bond motifs is 1. The Kier molecular flexibility index (Phi) is 5.28. The van der Waals surface area contributed by atoms with Crippen molar-refractivity contribution in [2.24, 2.45) is 0 Å². The molecule has 3 aromatic carbocycles. The quantitative estimate of drug-likeness (QED) is 0.530. The molecule has 0 bridgehead atoms. The van der Waals surface area contributed by atoms with Crippen LogP contribution in [-0.4, -0.2) is 21.4 Å². The van der Waals surface area contributed by atoms with E-state index in [4.69, 9.17) is 0 Å². The molecule has 4 aromatic rings. The highest BCUT2D eigenvalue weighted by Gasteiger charge is 2.13. The van der Waals surface area contributed by atoms with Crippen molar-refractivity contribution in [1.82, 2.24) is 9.55 Å². The van der Waals surface area contributed by atoms with E-state index < -0.39 is 17.3 Å². The standard InChI is InChI=1S/C23H17FN4O3/c1-14(29)26-16-5-4-6-17(12-16)27-22(30)15-9-10-18-20(11-15)25-13-28(23(18)31)21-8-3-2-7-19(21)24/h2-13H,1H3,(H,26,29)(H,27,30). The van der Waals surface area contributed by atoms with Crippen molar-refractivity contribution in [2.75, 3.05) is 10.6 Å². The van der Waals surface area contributed by atoms with Crippen molar-refractivity contribution in [3.05, 3.63) is 94.8 Å². The highest BCUT2D eigenvalue weighted by molar-refractivity contribution is 6.06. The van der Waals surface area contributed by atoms with Gasteiger partial charge in [-0.15, -0.1) is 0 Å². The number of benzene rings is 3. The van der Waals surface area contributed by atoms with E-state index >= 15 is 0 Å². The van der Waals surface area contributed by atoms with Gasteiger partial charge in [-0.3, -0.25) is 19.0 Å². The second kappa shape index (κ2) is 8.19. The number of anilines is 2. The lowest BCUT2D eigenvalue weighted by atomic mass is 10.1. The molecule has 0 fully saturated rings. The summed E-state index contributed by atoms with van der Waals surface area (Å²) < 4.78 is 15.2. The first-order valence-electron chi connectivity index (χ1n) is 9.38. The first-order chi connectivity index (χ1) is 14.9. The van der Waals surface area contributed by atoms with E-state index in [0.29, 0.717) is 22.5 Å². The summed E-state index contributed by atoms with van der Waals surface area (Å²) in [5.41, 5.74) is 1.33. The van der Waals surface area contributed by atoms with Gasteiger partial charge in [0.25, 0.3) is 11.5 Å². The molecule has 0 aliphatic rings. The minimum absolute atomic E-state index is 0.0998. The predicted molar refractivity (Wildman–Crippen MR) is 116 cm³/mol. The van der Waals surface area contributed by atoms with Crippen LogP contribution in [0.15, 0.2) is 77.9 Å². The van der Waals surface area contributed by atoms with Crippen LogP contribution in [0.3, 0.4) is 0 Å². The van der Waals surface area contributed by atoms with Gasteiger partial charge in [0.05, 0.1) is 16.6 Å². The highest BCUT2D eigenvalue weighted by Crippen LogP contribution is 2.18. The van der Waals surface area contributed by atoms with Crippen LogP contribution in [0.1, 0.15) is 17.3 Å². The number of para-hydroxylation sites is 1. The summed E-state index contributed by atoms with van der Waals surface area (Å²) in [7, 11) is 0. The third-order valence-electron chi connectivity index (χ3n) is 4.57. The van der Waals surface area contributed by atoms with Gasteiger partial charge in [0.1, 0.15) is 12.1 Å². The molecule has 0 atom stereocenters. The Balaban J connectivity index is 1.63. The monoisotopic (exact) mass is 416 g/mol. The van der Waals surface area contributed by atoms with E-state index in [1.807, 2.05) is 0 Å². The molecule has 7 nitrogen and oxygen atoms in total. The molecule has 154 valence electrons. The molecule has 0 aliphatic heterocycles. The lowest BCUT2D eigenvalue weighted by Crippen LogP contribution is -2.20. The lowest BCUT2D eigenvalue weighted by molar-refractivity contribution is -0.114. The van der Waals surface area contributed by atoms with Gasteiger partial charge in [-0.05, 0) is 48.5 Å². The van der Waals surface area contributed by atoms with Crippen molar-refractivity contribution >= 4 is 34.1 Å². The van der Waals surface area contributed by atoms with Crippen molar-refractivity contribution in [3.63, 3.8) is 0 Å². The molecule has 1 heterocycles. The minimum Gasteiger partial charge on any atom is -0.326 e. The van der Waals surface area contributed by atoms with Gasteiger partial charge in [-0.2, -0.15) is 0 Å². The first-order valence-corrected chi connectivity index (χ1v) is 9.38. The number of aromatic nitrogens is 2. The smallest absolute Gasteiger partial charge is 0.265 e. The number of halogens is 1. The summed E-state index contributed by atoms with van der Waals surface area (Å²) in [6.45, 7) is 1.40. The molecule has 1 aromatic heterocycles. The molecule has 0 spiro atoms. The fourth-order valence-electron chi connectivity index (χ4n) is 3.16. The maximum Gasteiger partial charge on any atom is 0.265 e. The molecule has 31 heavy (non-hydrogen) atoms. The van der Waals surface area contributed by atoms with Crippen LogP contribution < -0.4 is 16.2 Å². The largest absolute Gasteiger partial charge is 0.326 e.